The molecule has 0 saturated carbocycles. The Morgan fingerprint density at radius 2 is 1.90 bits per heavy atom. The van der Waals surface area contributed by atoms with Crippen LogP contribution >= 0.6 is 0 Å². The van der Waals surface area contributed by atoms with Crippen molar-refractivity contribution in [2.75, 3.05) is 13.7 Å². The molecule has 1 atom stereocenters. The van der Waals surface area contributed by atoms with Crippen LogP contribution in [0, 0.1) is 11.6 Å². The Labute approximate surface area is 123 Å². The molecule has 0 heterocycles. The minimum atomic E-state index is -0.457. The molecule has 0 aliphatic rings. The van der Waals surface area contributed by atoms with Crippen molar-refractivity contribution in [1.82, 2.24) is 5.32 Å². The molecule has 2 rings (SSSR count). The van der Waals surface area contributed by atoms with Crippen molar-refractivity contribution in [1.29, 1.82) is 0 Å². The van der Waals surface area contributed by atoms with E-state index in [1.54, 1.807) is 18.2 Å². The molecule has 0 fully saturated rings. The highest BCUT2D eigenvalue weighted by molar-refractivity contribution is 5.69. The molecule has 2 aromatic carbocycles. The first kappa shape index (κ1) is 15.4. The number of halogens is 2. The first-order valence-electron chi connectivity index (χ1n) is 6.93. The molecule has 2 aromatic rings. The van der Waals surface area contributed by atoms with Gasteiger partial charge in [0.25, 0.3) is 0 Å². The van der Waals surface area contributed by atoms with E-state index < -0.39 is 5.82 Å². The summed E-state index contributed by atoms with van der Waals surface area (Å²) < 4.78 is 32.4. The van der Waals surface area contributed by atoms with Crippen LogP contribution in [0.15, 0.2) is 36.4 Å². The maximum absolute atomic E-state index is 13.9. The zero-order valence-electron chi connectivity index (χ0n) is 12.4. The molecule has 0 aromatic heterocycles. The fourth-order valence-electron chi connectivity index (χ4n) is 2.41. The van der Waals surface area contributed by atoms with E-state index in [4.69, 9.17) is 4.74 Å². The Hall–Kier alpha value is -1.94. The van der Waals surface area contributed by atoms with Gasteiger partial charge in [-0.25, -0.2) is 8.78 Å². The third kappa shape index (κ3) is 3.39. The minimum absolute atomic E-state index is 0.0516. The van der Waals surface area contributed by atoms with Crippen LogP contribution in [0.25, 0.3) is 11.1 Å². The Morgan fingerprint density at radius 3 is 2.52 bits per heavy atom. The second kappa shape index (κ2) is 6.68. The molecule has 21 heavy (non-hydrogen) atoms. The van der Waals surface area contributed by atoms with E-state index >= 15 is 0 Å². The van der Waals surface area contributed by atoms with E-state index in [-0.39, 0.29) is 17.6 Å². The lowest BCUT2D eigenvalue weighted by atomic mass is 9.95. The second-order valence-corrected chi connectivity index (χ2v) is 4.86. The molecule has 0 aliphatic carbocycles. The highest BCUT2D eigenvalue weighted by Gasteiger charge is 2.14. The van der Waals surface area contributed by atoms with Gasteiger partial charge in [-0.3, -0.25) is 0 Å². The SMILES string of the molecule is CCNC(C)c1ccc(F)cc1-c1ccc(OC)c(F)c1. The van der Waals surface area contributed by atoms with E-state index in [1.807, 2.05) is 13.8 Å². The van der Waals surface area contributed by atoms with Crippen molar-refractivity contribution in [2.24, 2.45) is 0 Å². The first-order valence-corrected chi connectivity index (χ1v) is 6.93. The zero-order chi connectivity index (χ0) is 15.4. The maximum Gasteiger partial charge on any atom is 0.165 e. The smallest absolute Gasteiger partial charge is 0.165 e. The van der Waals surface area contributed by atoms with E-state index in [2.05, 4.69) is 5.32 Å². The molecule has 2 nitrogen and oxygen atoms in total. The largest absolute Gasteiger partial charge is 0.494 e. The molecule has 1 unspecified atom stereocenters. The lowest BCUT2D eigenvalue weighted by Crippen LogP contribution is -2.18. The van der Waals surface area contributed by atoms with Gasteiger partial charge in [-0.1, -0.05) is 19.1 Å². The van der Waals surface area contributed by atoms with Crippen molar-refractivity contribution in [2.45, 2.75) is 19.9 Å². The highest BCUT2D eigenvalue weighted by Crippen LogP contribution is 2.31. The van der Waals surface area contributed by atoms with Crippen molar-refractivity contribution in [3.05, 3.63) is 53.6 Å². The average Bonchev–Trinajstić information content (AvgIpc) is 2.47. The monoisotopic (exact) mass is 291 g/mol. The van der Waals surface area contributed by atoms with Gasteiger partial charge in [0.1, 0.15) is 5.82 Å². The molecule has 0 spiro atoms. The van der Waals surface area contributed by atoms with Gasteiger partial charge in [0.15, 0.2) is 11.6 Å². The summed E-state index contributed by atoms with van der Waals surface area (Å²) in [5.74, 6) is -0.619. The van der Waals surface area contributed by atoms with Crippen molar-refractivity contribution in [3.63, 3.8) is 0 Å². The Kier molecular flexibility index (Phi) is 4.91. The summed E-state index contributed by atoms with van der Waals surface area (Å²) >= 11 is 0. The number of ether oxygens (including phenoxy) is 1. The second-order valence-electron chi connectivity index (χ2n) is 4.86. The van der Waals surface area contributed by atoms with Gasteiger partial charge in [-0.05, 0) is 54.4 Å². The summed E-state index contributed by atoms with van der Waals surface area (Å²) in [7, 11) is 1.42. The van der Waals surface area contributed by atoms with Crippen molar-refractivity contribution < 1.29 is 13.5 Å². The Bertz CT molecular complexity index is 628. The zero-order valence-corrected chi connectivity index (χ0v) is 12.4. The minimum Gasteiger partial charge on any atom is -0.494 e. The van der Waals surface area contributed by atoms with Gasteiger partial charge < -0.3 is 10.1 Å². The van der Waals surface area contributed by atoms with Crippen molar-refractivity contribution >= 4 is 0 Å². The third-order valence-corrected chi connectivity index (χ3v) is 3.45. The summed E-state index contributed by atoms with van der Waals surface area (Å²) in [6.07, 6.45) is 0. The Balaban J connectivity index is 2.51. The van der Waals surface area contributed by atoms with Crippen LogP contribution in [0.5, 0.6) is 5.75 Å². The summed E-state index contributed by atoms with van der Waals surface area (Å²) in [5.41, 5.74) is 2.25. The third-order valence-electron chi connectivity index (χ3n) is 3.45. The lowest BCUT2D eigenvalue weighted by molar-refractivity contribution is 0.386. The first-order chi connectivity index (χ1) is 10.1. The molecule has 0 radical (unpaired) electrons. The normalized spacial score (nSPS) is 12.2. The van der Waals surface area contributed by atoms with Gasteiger partial charge >= 0.3 is 0 Å². The molecule has 0 aliphatic heterocycles. The number of benzene rings is 2. The molecule has 4 heteroatoms. The van der Waals surface area contributed by atoms with Crippen LogP contribution in [0.4, 0.5) is 8.78 Å². The van der Waals surface area contributed by atoms with Crippen LogP contribution < -0.4 is 10.1 Å². The van der Waals surface area contributed by atoms with Gasteiger partial charge in [0.2, 0.25) is 0 Å². The van der Waals surface area contributed by atoms with Gasteiger partial charge in [0, 0.05) is 6.04 Å². The van der Waals surface area contributed by atoms with E-state index in [9.17, 15) is 8.78 Å². The predicted molar refractivity (Wildman–Crippen MR) is 80.4 cm³/mol. The topological polar surface area (TPSA) is 21.3 Å². The van der Waals surface area contributed by atoms with Crippen molar-refractivity contribution in [3.8, 4) is 16.9 Å². The molecule has 112 valence electrons. The predicted octanol–water partition coefficient (Wildman–Crippen LogP) is 4.31. The number of hydrogen-bond acceptors (Lipinski definition) is 2. The fraction of sp³-hybridized carbons (Fsp3) is 0.294. The van der Waals surface area contributed by atoms with E-state index in [0.29, 0.717) is 11.1 Å². The molecule has 0 saturated heterocycles. The lowest BCUT2D eigenvalue weighted by Gasteiger charge is -2.18. The van der Waals surface area contributed by atoms with Gasteiger partial charge in [-0.2, -0.15) is 0 Å². The summed E-state index contributed by atoms with van der Waals surface area (Å²) in [5, 5.41) is 3.29. The quantitative estimate of drug-likeness (QED) is 0.886. The summed E-state index contributed by atoms with van der Waals surface area (Å²) in [6.45, 7) is 4.81. The van der Waals surface area contributed by atoms with E-state index in [0.717, 1.165) is 12.1 Å². The van der Waals surface area contributed by atoms with Gasteiger partial charge in [0.05, 0.1) is 7.11 Å². The van der Waals surface area contributed by atoms with Crippen LogP contribution in [0.1, 0.15) is 25.5 Å². The molecule has 1 N–H and O–H groups in total. The summed E-state index contributed by atoms with van der Waals surface area (Å²) in [6, 6.07) is 9.30. The van der Waals surface area contributed by atoms with Crippen LogP contribution in [0.2, 0.25) is 0 Å². The Morgan fingerprint density at radius 1 is 1.14 bits per heavy atom. The standard InChI is InChI=1S/C17H19F2NO/c1-4-20-11(2)14-7-6-13(18)10-15(14)12-5-8-17(21-3)16(19)9-12/h5-11,20H,4H2,1-3H3. The maximum atomic E-state index is 13.9. The average molecular weight is 291 g/mol. The molecule has 0 bridgehead atoms. The van der Waals surface area contributed by atoms with E-state index in [1.165, 1.54) is 25.3 Å². The number of nitrogens with one attached hydrogen (secondary N) is 1. The molecule has 0 amide bonds. The highest BCUT2D eigenvalue weighted by atomic mass is 19.1. The van der Waals surface area contributed by atoms with Crippen LogP contribution in [-0.4, -0.2) is 13.7 Å². The molecular formula is C17H19F2NO. The van der Waals surface area contributed by atoms with Gasteiger partial charge in [-0.15, -0.1) is 0 Å². The fourth-order valence-corrected chi connectivity index (χ4v) is 2.41. The molecular weight excluding hydrogens is 272 g/mol. The van der Waals surface area contributed by atoms with Crippen LogP contribution in [0.3, 0.4) is 0 Å². The number of rotatable bonds is 5. The summed E-state index contributed by atoms with van der Waals surface area (Å²) in [4.78, 5) is 0. The number of methoxy groups -OCH3 is 1. The van der Waals surface area contributed by atoms with Crippen LogP contribution in [-0.2, 0) is 0 Å². The number of hydrogen-bond donors (Lipinski definition) is 1.